The van der Waals surface area contributed by atoms with Gasteiger partial charge in [0.05, 0.1) is 12.5 Å². The first kappa shape index (κ1) is 16.7. The van der Waals surface area contributed by atoms with Crippen LogP contribution in [0, 0.1) is 12.8 Å². The van der Waals surface area contributed by atoms with E-state index in [1.165, 1.54) is 16.0 Å². The lowest BCUT2D eigenvalue weighted by Crippen LogP contribution is -2.33. The van der Waals surface area contributed by atoms with Crippen LogP contribution < -0.4 is 5.32 Å². The summed E-state index contributed by atoms with van der Waals surface area (Å²) in [6.45, 7) is 3.80. The van der Waals surface area contributed by atoms with Gasteiger partial charge in [0.1, 0.15) is 0 Å². The minimum Gasteiger partial charge on any atom is -0.351 e. The standard InChI is InChI=1S/C19H22N2O2S/c1-14-8-10-24-17(14)12-20-19(23)16-11-18(22)21(13-16)9-7-15-5-3-2-4-6-15/h2-6,8,10,16H,7,9,11-13H2,1H3,(H,20,23). The molecule has 1 aromatic carbocycles. The monoisotopic (exact) mass is 342 g/mol. The fourth-order valence-electron chi connectivity index (χ4n) is 2.97. The van der Waals surface area contributed by atoms with Crippen molar-refractivity contribution in [3.05, 3.63) is 57.8 Å². The van der Waals surface area contributed by atoms with Crippen LogP contribution in [0.5, 0.6) is 0 Å². The Morgan fingerprint density at radius 1 is 1.29 bits per heavy atom. The molecule has 1 fully saturated rings. The second-order valence-corrected chi connectivity index (χ2v) is 7.22. The third kappa shape index (κ3) is 4.03. The number of hydrogen-bond acceptors (Lipinski definition) is 3. The molecule has 1 unspecified atom stereocenters. The average molecular weight is 342 g/mol. The molecule has 2 aromatic rings. The lowest BCUT2D eigenvalue weighted by atomic mass is 10.1. The fraction of sp³-hybridized carbons (Fsp3) is 0.368. The highest BCUT2D eigenvalue weighted by Crippen LogP contribution is 2.20. The number of amides is 2. The fourth-order valence-corrected chi connectivity index (χ4v) is 3.82. The number of rotatable bonds is 6. The van der Waals surface area contributed by atoms with Gasteiger partial charge in [-0.3, -0.25) is 9.59 Å². The number of carbonyl (C=O) groups excluding carboxylic acids is 2. The van der Waals surface area contributed by atoms with E-state index in [1.807, 2.05) is 35.4 Å². The van der Waals surface area contributed by atoms with E-state index in [0.717, 1.165) is 6.42 Å². The molecule has 2 heterocycles. The summed E-state index contributed by atoms with van der Waals surface area (Å²) >= 11 is 1.65. The molecule has 0 aliphatic carbocycles. The quantitative estimate of drug-likeness (QED) is 0.877. The average Bonchev–Trinajstić information content (AvgIpc) is 3.17. The molecule has 2 amide bonds. The topological polar surface area (TPSA) is 49.4 Å². The van der Waals surface area contributed by atoms with Crippen molar-refractivity contribution in [3.8, 4) is 0 Å². The van der Waals surface area contributed by atoms with Crippen molar-refractivity contribution in [2.45, 2.75) is 26.3 Å². The first-order valence-corrected chi connectivity index (χ1v) is 9.14. The Balaban J connectivity index is 1.48. The molecule has 0 bridgehead atoms. The lowest BCUT2D eigenvalue weighted by Gasteiger charge is -2.16. The number of thiophene rings is 1. The van der Waals surface area contributed by atoms with E-state index >= 15 is 0 Å². The summed E-state index contributed by atoms with van der Waals surface area (Å²) in [5.41, 5.74) is 2.42. The van der Waals surface area contributed by atoms with Crippen LogP contribution in [0.1, 0.15) is 22.4 Å². The summed E-state index contributed by atoms with van der Waals surface area (Å²) in [4.78, 5) is 27.5. The van der Waals surface area contributed by atoms with E-state index in [2.05, 4.69) is 23.5 Å². The van der Waals surface area contributed by atoms with Gasteiger partial charge in [-0.1, -0.05) is 30.3 Å². The third-order valence-electron chi connectivity index (χ3n) is 4.49. The van der Waals surface area contributed by atoms with Crippen LogP contribution in [0.15, 0.2) is 41.8 Å². The first-order valence-electron chi connectivity index (χ1n) is 8.26. The molecule has 1 N–H and O–H groups in total. The maximum absolute atomic E-state index is 12.3. The summed E-state index contributed by atoms with van der Waals surface area (Å²) in [5, 5.41) is 5.00. The van der Waals surface area contributed by atoms with Gasteiger partial charge in [0.15, 0.2) is 0 Å². The van der Waals surface area contributed by atoms with Crippen molar-refractivity contribution in [1.82, 2.24) is 10.2 Å². The van der Waals surface area contributed by atoms with Crippen molar-refractivity contribution >= 4 is 23.2 Å². The lowest BCUT2D eigenvalue weighted by molar-refractivity contribution is -0.129. The molecule has 5 heteroatoms. The molecule has 1 atom stereocenters. The van der Waals surface area contributed by atoms with Crippen molar-refractivity contribution in [2.24, 2.45) is 5.92 Å². The Labute approximate surface area is 146 Å². The van der Waals surface area contributed by atoms with Gasteiger partial charge in [0, 0.05) is 24.4 Å². The van der Waals surface area contributed by atoms with Crippen LogP contribution in [-0.2, 0) is 22.6 Å². The van der Waals surface area contributed by atoms with E-state index < -0.39 is 0 Å². The summed E-state index contributed by atoms with van der Waals surface area (Å²) < 4.78 is 0. The Morgan fingerprint density at radius 2 is 2.08 bits per heavy atom. The van der Waals surface area contributed by atoms with Gasteiger partial charge in [0.25, 0.3) is 0 Å². The molecule has 0 radical (unpaired) electrons. The van der Waals surface area contributed by atoms with Crippen LogP contribution >= 0.6 is 11.3 Å². The molecule has 3 rings (SSSR count). The van der Waals surface area contributed by atoms with Crippen molar-refractivity contribution in [1.29, 1.82) is 0 Å². The molecule has 1 aromatic heterocycles. The normalized spacial score (nSPS) is 17.3. The number of nitrogens with zero attached hydrogens (tertiary/aromatic N) is 1. The predicted molar refractivity (Wildman–Crippen MR) is 95.7 cm³/mol. The molecule has 1 aliphatic rings. The molecular formula is C19H22N2O2S. The Kier molecular flexibility index (Phi) is 5.30. The minimum absolute atomic E-state index is 0.0154. The summed E-state index contributed by atoms with van der Waals surface area (Å²) in [5.74, 6) is -0.162. The second-order valence-electron chi connectivity index (χ2n) is 6.22. The van der Waals surface area contributed by atoms with Gasteiger partial charge >= 0.3 is 0 Å². The van der Waals surface area contributed by atoms with Crippen molar-refractivity contribution < 1.29 is 9.59 Å². The third-order valence-corrected chi connectivity index (χ3v) is 5.51. The van der Waals surface area contributed by atoms with Crippen LogP contribution in [0.25, 0.3) is 0 Å². The minimum atomic E-state index is -0.228. The Bertz CT molecular complexity index is 711. The SMILES string of the molecule is Cc1ccsc1CNC(=O)C1CC(=O)N(CCc2ccccc2)C1. The zero-order valence-corrected chi connectivity index (χ0v) is 14.6. The van der Waals surface area contributed by atoms with Gasteiger partial charge < -0.3 is 10.2 Å². The number of carbonyl (C=O) groups is 2. The molecule has 4 nitrogen and oxygen atoms in total. The molecule has 0 spiro atoms. The highest BCUT2D eigenvalue weighted by molar-refractivity contribution is 7.10. The van der Waals surface area contributed by atoms with Gasteiger partial charge in [0.2, 0.25) is 11.8 Å². The summed E-state index contributed by atoms with van der Waals surface area (Å²) in [6, 6.07) is 12.2. The van der Waals surface area contributed by atoms with Crippen LogP contribution in [0.3, 0.4) is 0 Å². The number of nitrogens with one attached hydrogen (secondary N) is 1. The maximum atomic E-state index is 12.3. The Hall–Kier alpha value is -2.14. The van der Waals surface area contributed by atoms with Crippen LogP contribution in [0.2, 0.25) is 0 Å². The molecule has 24 heavy (non-hydrogen) atoms. The van der Waals surface area contributed by atoms with Gasteiger partial charge in [-0.15, -0.1) is 11.3 Å². The highest BCUT2D eigenvalue weighted by atomic mass is 32.1. The van der Waals surface area contributed by atoms with Gasteiger partial charge in [-0.25, -0.2) is 0 Å². The molecule has 1 saturated heterocycles. The van der Waals surface area contributed by atoms with Crippen LogP contribution in [-0.4, -0.2) is 29.8 Å². The number of likely N-dealkylation sites (tertiary alicyclic amines) is 1. The van der Waals surface area contributed by atoms with E-state index in [1.54, 1.807) is 11.3 Å². The first-order chi connectivity index (χ1) is 11.6. The van der Waals surface area contributed by atoms with Crippen LogP contribution in [0.4, 0.5) is 0 Å². The maximum Gasteiger partial charge on any atom is 0.225 e. The largest absolute Gasteiger partial charge is 0.351 e. The van der Waals surface area contributed by atoms with E-state index in [0.29, 0.717) is 26.1 Å². The highest BCUT2D eigenvalue weighted by Gasteiger charge is 2.33. The number of benzene rings is 1. The Morgan fingerprint density at radius 3 is 2.79 bits per heavy atom. The predicted octanol–water partition coefficient (Wildman–Crippen LogP) is 2.76. The van der Waals surface area contributed by atoms with Crippen molar-refractivity contribution in [3.63, 3.8) is 0 Å². The zero-order chi connectivity index (χ0) is 16.9. The van der Waals surface area contributed by atoms with Gasteiger partial charge in [-0.05, 0) is 35.9 Å². The van der Waals surface area contributed by atoms with Crippen molar-refractivity contribution in [2.75, 3.05) is 13.1 Å². The van der Waals surface area contributed by atoms with E-state index in [9.17, 15) is 9.59 Å². The zero-order valence-electron chi connectivity index (χ0n) is 13.8. The smallest absolute Gasteiger partial charge is 0.225 e. The number of hydrogen-bond donors (Lipinski definition) is 1. The molecule has 126 valence electrons. The summed E-state index contributed by atoms with van der Waals surface area (Å²) in [7, 11) is 0. The van der Waals surface area contributed by atoms with Gasteiger partial charge in [-0.2, -0.15) is 0 Å². The molecule has 1 aliphatic heterocycles. The molecular weight excluding hydrogens is 320 g/mol. The number of aryl methyl sites for hydroxylation is 1. The van der Waals surface area contributed by atoms with E-state index in [-0.39, 0.29) is 17.7 Å². The molecule has 0 saturated carbocycles. The summed E-state index contributed by atoms with van der Waals surface area (Å²) in [6.07, 6.45) is 1.15. The van der Waals surface area contributed by atoms with E-state index in [4.69, 9.17) is 0 Å². The second kappa shape index (κ2) is 7.62.